The lowest BCUT2D eigenvalue weighted by molar-refractivity contribution is -0.133. The van der Waals surface area contributed by atoms with Gasteiger partial charge in [0.2, 0.25) is 15.9 Å². The largest absolute Gasteiger partial charge is 0.360 e. The summed E-state index contributed by atoms with van der Waals surface area (Å²) in [5, 5.41) is 6.99. The van der Waals surface area contributed by atoms with E-state index in [2.05, 4.69) is 15.4 Å². The third kappa shape index (κ3) is 5.33. The summed E-state index contributed by atoms with van der Waals surface area (Å²) in [5.74, 6) is 0.367. The lowest BCUT2D eigenvalue weighted by atomic mass is 10.3. The molecule has 12 heteroatoms. The number of piperazine rings is 2. The van der Waals surface area contributed by atoms with E-state index in [0.717, 1.165) is 26.2 Å². The first-order chi connectivity index (χ1) is 11.9. The zero-order valence-electron chi connectivity index (χ0n) is 15.5. The number of amides is 1. The number of aryl methyl sites for hydroxylation is 2. The van der Waals surface area contributed by atoms with Crippen LogP contribution in [0.25, 0.3) is 0 Å². The third-order valence-electron chi connectivity index (χ3n) is 4.73. The molecule has 0 atom stereocenters. The van der Waals surface area contributed by atoms with Crippen LogP contribution >= 0.6 is 24.8 Å². The first kappa shape index (κ1) is 24.1. The van der Waals surface area contributed by atoms with Crippen molar-refractivity contribution >= 4 is 40.7 Å². The second-order valence-corrected chi connectivity index (χ2v) is 8.34. The van der Waals surface area contributed by atoms with Gasteiger partial charge >= 0.3 is 0 Å². The van der Waals surface area contributed by atoms with Crippen molar-refractivity contribution in [2.75, 3.05) is 58.9 Å². The van der Waals surface area contributed by atoms with Gasteiger partial charge in [0.15, 0.2) is 5.76 Å². The molecule has 0 radical (unpaired) electrons. The van der Waals surface area contributed by atoms with Crippen LogP contribution in [0.1, 0.15) is 11.5 Å². The quantitative estimate of drug-likeness (QED) is 0.691. The van der Waals surface area contributed by atoms with Gasteiger partial charge in [-0.05, 0) is 13.8 Å². The molecule has 27 heavy (non-hydrogen) atoms. The zero-order valence-corrected chi connectivity index (χ0v) is 18.0. The summed E-state index contributed by atoms with van der Waals surface area (Å²) in [6.45, 7) is 8.56. The van der Waals surface area contributed by atoms with Gasteiger partial charge in [-0.3, -0.25) is 9.69 Å². The highest BCUT2D eigenvalue weighted by atomic mass is 35.5. The van der Waals surface area contributed by atoms with E-state index in [4.69, 9.17) is 4.52 Å². The molecule has 3 rings (SSSR count). The van der Waals surface area contributed by atoms with Crippen LogP contribution in [0.4, 0.5) is 0 Å². The fraction of sp³-hybridized carbons (Fsp3) is 0.733. The maximum atomic E-state index is 12.8. The maximum Gasteiger partial charge on any atom is 0.248 e. The average molecular weight is 444 g/mol. The highest BCUT2D eigenvalue weighted by molar-refractivity contribution is 7.89. The molecule has 2 aliphatic rings. The van der Waals surface area contributed by atoms with Crippen LogP contribution in [0.2, 0.25) is 0 Å². The minimum atomic E-state index is -3.64. The average Bonchev–Trinajstić information content (AvgIpc) is 2.95. The van der Waals surface area contributed by atoms with Gasteiger partial charge < -0.3 is 14.7 Å². The number of nitrogens with one attached hydrogen (secondary N) is 1. The molecule has 2 fully saturated rings. The van der Waals surface area contributed by atoms with Gasteiger partial charge in [-0.2, -0.15) is 4.31 Å². The fourth-order valence-corrected chi connectivity index (χ4v) is 5.02. The highest BCUT2D eigenvalue weighted by Crippen LogP contribution is 2.24. The maximum absolute atomic E-state index is 12.8. The number of hydrogen-bond acceptors (Lipinski definition) is 7. The van der Waals surface area contributed by atoms with Crippen molar-refractivity contribution in [3.8, 4) is 0 Å². The Morgan fingerprint density at radius 1 is 1.07 bits per heavy atom. The van der Waals surface area contributed by atoms with E-state index in [-0.39, 0.29) is 35.6 Å². The van der Waals surface area contributed by atoms with Gasteiger partial charge in [0.05, 0.1) is 6.54 Å². The molecule has 2 saturated heterocycles. The van der Waals surface area contributed by atoms with Crippen molar-refractivity contribution < 1.29 is 17.7 Å². The molecule has 156 valence electrons. The molecule has 1 N–H and O–H groups in total. The molecule has 1 aromatic heterocycles. The van der Waals surface area contributed by atoms with Gasteiger partial charge in [0.25, 0.3) is 0 Å². The van der Waals surface area contributed by atoms with Crippen LogP contribution in [0.3, 0.4) is 0 Å². The molecule has 0 aliphatic carbocycles. The molecule has 1 aromatic rings. The van der Waals surface area contributed by atoms with Crippen molar-refractivity contribution in [2.24, 2.45) is 0 Å². The number of halogens is 2. The van der Waals surface area contributed by atoms with Crippen molar-refractivity contribution in [3.05, 3.63) is 11.5 Å². The van der Waals surface area contributed by atoms with Crippen molar-refractivity contribution in [1.82, 2.24) is 24.6 Å². The van der Waals surface area contributed by atoms with Crippen LogP contribution < -0.4 is 5.32 Å². The van der Waals surface area contributed by atoms with Gasteiger partial charge in [-0.15, -0.1) is 24.8 Å². The van der Waals surface area contributed by atoms with E-state index in [1.165, 1.54) is 4.31 Å². The first-order valence-electron chi connectivity index (χ1n) is 8.53. The molecule has 0 saturated carbocycles. The highest BCUT2D eigenvalue weighted by Gasteiger charge is 2.34. The van der Waals surface area contributed by atoms with Gasteiger partial charge in [0.1, 0.15) is 10.6 Å². The third-order valence-corrected chi connectivity index (χ3v) is 6.87. The van der Waals surface area contributed by atoms with E-state index in [1.54, 1.807) is 18.7 Å². The van der Waals surface area contributed by atoms with Crippen molar-refractivity contribution in [1.29, 1.82) is 0 Å². The standard InChI is InChI=1S/C15H25N5O4S.2ClH/c1-12-15(13(2)24-17-12)25(22,23)20-9-7-19(8-10-20)14(21)11-18-5-3-16-4-6-18;;/h16H,3-11H2,1-2H3;2*1H. The monoisotopic (exact) mass is 443 g/mol. The molecule has 9 nitrogen and oxygen atoms in total. The van der Waals surface area contributed by atoms with E-state index < -0.39 is 10.0 Å². The Bertz CT molecular complexity index is 709. The molecular weight excluding hydrogens is 417 g/mol. The lowest BCUT2D eigenvalue weighted by Crippen LogP contribution is -2.54. The molecule has 1 amide bonds. The summed E-state index contributed by atoms with van der Waals surface area (Å²) in [7, 11) is -3.64. The molecule has 0 aromatic carbocycles. The Labute approximate surface area is 172 Å². The molecule has 0 bridgehead atoms. The fourth-order valence-electron chi connectivity index (χ4n) is 3.31. The summed E-state index contributed by atoms with van der Waals surface area (Å²) in [6, 6.07) is 0. The second-order valence-electron chi connectivity index (χ2n) is 6.46. The summed E-state index contributed by atoms with van der Waals surface area (Å²) >= 11 is 0. The lowest BCUT2D eigenvalue weighted by Gasteiger charge is -2.35. The Balaban J connectivity index is 0.00000182. The Morgan fingerprint density at radius 2 is 1.67 bits per heavy atom. The molecule has 2 aliphatic heterocycles. The summed E-state index contributed by atoms with van der Waals surface area (Å²) in [4.78, 5) is 16.5. The SMILES string of the molecule is Cc1noc(C)c1S(=O)(=O)N1CCN(C(=O)CN2CCNCC2)CC1.Cl.Cl. The number of rotatable bonds is 4. The number of aromatic nitrogens is 1. The second kappa shape index (κ2) is 10.0. The van der Waals surface area contributed by atoms with Crippen molar-refractivity contribution in [3.63, 3.8) is 0 Å². The minimum Gasteiger partial charge on any atom is -0.360 e. The Hall–Kier alpha value is -0.910. The van der Waals surface area contributed by atoms with E-state index >= 15 is 0 Å². The Morgan fingerprint density at radius 3 is 2.19 bits per heavy atom. The van der Waals surface area contributed by atoms with E-state index in [1.807, 2.05) is 0 Å². The van der Waals surface area contributed by atoms with Crippen LogP contribution in [0, 0.1) is 13.8 Å². The summed E-state index contributed by atoms with van der Waals surface area (Å²) < 4.78 is 32.0. The molecule has 0 spiro atoms. The normalized spacial score (nSPS) is 19.3. The predicted molar refractivity (Wildman–Crippen MR) is 105 cm³/mol. The topological polar surface area (TPSA) is 99.0 Å². The number of nitrogens with zero attached hydrogens (tertiary/aromatic N) is 4. The molecule has 0 unspecified atom stereocenters. The van der Waals surface area contributed by atoms with Crippen LogP contribution in [0.15, 0.2) is 9.42 Å². The zero-order chi connectivity index (χ0) is 18.0. The van der Waals surface area contributed by atoms with E-state index in [0.29, 0.717) is 44.2 Å². The van der Waals surface area contributed by atoms with Crippen molar-refractivity contribution in [2.45, 2.75) is 18.7 Å². The smallest absolute Gasteiger partial charge is 0.248 e. The number of carbonyl (C=O) groups excluding carboxylic acids is 1. The first-order valence-corrected chi connectivity index (χ1v) is 9.97. The predicted octanol–water partition coefficient (Wildman–Crippen LogP) is -0.127. The van der Waals surface area contributed by atoms with Crippen LogP contribution in [0.5, 0.6) is 0 Å². The molecule has 3 heterocycles. The number of hydrogen-bond donors (Lipinski definition) is 1. The van der Waals surface area contributed by atoms with Gasteiger partial charge in [0, 0.05) is 52.4 Å². The van der Waals surface area contributed by atoms with E-state index in [9.17, 15) is 13.2 Å². The number of sulfonamides is 1. The van der Waals surface area contributed by atoms with Crippen LogP contribution in [-0.4, -0.2) is 92.5 Å². The van der Waals surface area contributed by atoms with Gasteiger partial charge in [-0.25, -0.2) is 8.42 Å². The summed E-state index contributed by atoms with van der Waals surface area (Å²) in [6.07, 6.45) is 0. The molecular formula is C15H27Cl2N5O4S. The minimum absolute atomic E-state index is 0. The van der Waals surface area contributed by atoms with Gasteiger partial charge in [-0.1, -0.05) is 5.16 Å². The van der Waals surface area contributed by atoms with Crippen LogP contribution in [-0.2, 0) is 14.8 Å². The Kier molecular flexibility index (Phi) is 8.97. The summed E-state index contributed by atoms with van der Waals surface area (Å²) in [5.41, 5.74) is 0.370. The number of carbonyl (C=O) groups is 1.